The SMILES string of the molecule is Cn1ncc(Oc2cccc(Cl)c2F)c(C2=NC(Cc3ccc(Cl)cc3Cl)CON2)c1=O. The number of hydroxylamine groups is 1. The number of nitrogens with one attached hydrogen (secondary N) is 1. The Morgan fingerprint density at radius 3 is 2.81 bits per heavy atom. The van der Waals surface area contributed by atoms with Crippen LogP contribution in [0.5, 0.6) is 11.5 Å². The molecule has 2 heterocycles. The molecular formula is C21H16Cl3FN4O3. The van der Waals surface area contributed by atoms with Gasteiger partial charge >= 0.3 is 0 Å². The Morgan fingerprint density at radius 2 is 2.03 bits per heavy atom. The maximum atomic E-state index is 14.4. The highest BCUT2D eigenvalue weighted by Crippen LogP contribution is 2.30. The van der Waals surface area contributed by atoms with Crippen molar-refractivity contribution in [3.05, 3.63) is 85.0 Å². The number of amidine groups is 1. The number of nitrogens with zero attached hydrogens (tertiary/aromatic N) is 3. The summed E-state index contributed by atoms with van der Waals surface area (Å²) in [6.07, 6.45) is 1.74. The van der Waals surface area contributed by atoms with Crippen molar-refractivity contribution in [2.45, 2.75) is 12.5 Å². The molecular weight excluding hydrogens is 482 g/mol. The molecule has 1 atom stereocenters. The Bertz CT molecular complexity index is 1270. The summed E-state index contributed by atoms with van der Waals surface area (Å²) in [4.78, 5) is 22.9. The Hall–Kier alpha value is -2.65. The molecule has 1 aliphatic heterocycles. The van der Waals surface area contributed by atoms with Crippen LogP contribution >= 0.6 is 34.8 Å². The van der Waals surface area contributed by atoms with Gasteiger partial charge in [0, 0.05) is 17.1 Å². The molecule has 1 N–H and O–H groups in total. The second-order valence-electron chi connectivity index (χ2n) is 6.95. The van der Waals surface area contributed by atoms with Gasteiger partial charge in [0.25, 0.3) is 5.56 Å². The lowest BCUT2D eigenvalue weighted by molar-refractivity contribution is 0.0622. The third-order valence-electron chi connectivity index (χ3n) is 4.70. The van der Waals surface area contributed by atoms with Gasteiger partial charge in [-0.15, -0.1) is 0 Å². The Labute approximate surface area is 197 Å². The van der Waals surface area contributed by atoms with E-state index in [4.69, 9.17) is 44.4 Å². The maximum Gasteiger partial charge on any atom is 0.281 e. The molecule has 166 valence electrons. The standard InChI is InChI=1S/C21H16Cl3FN4O3/c1-29-21(30)18(17(9-26-29)32-16-4-2-3-14(23)19(16)25)20-27-13(10-31-28-20)7-11-5-6-12(22)8-15(11)24/h2-6,8-9,13H,7,10H2,1H3,(H,27,28). The van der Waals surface area contributed by atoms with Gasteiger partial charge in [-0.25, -0.2) is 14.6 Å². The van der Waals surface area contributed by atoms with Crippen LogP contribution in [-0.2, 0) is 18.3 Å². The van der Waals surface area contributed by atoms with Crippen molar-refractivity contribution in [2.24, 2.45) is 12.0 Å². The lowest BCUT2D eigenvalue weighted by Crippen LogP contribution is -2.40. The van der Waals surface area contributed by atoms with Gasteiger partial charge in [0.05, 0.1) is 23.9 Å². The number of benzene rings is 2. The van der Waals surface area contributed by atoms with E-state index in [1.165, 1.54) is 31.4 Å². The van der Waals surface area contributed by atoms with Crippen molar-refractivity contribution < 1.29 is 14.0 Å². The first-order chi connectivity index (χ1) is 15.3. The monoisotopic (exact) mass is 496 g/mol. The number of aromatic nitrogens is 2. The molecule has 1 aliphatic rings. The van der Waals surface area contributed by atoms with Crippen molar-refractivity contribution in [3.63, 3.8) is 0 Å². The van der Waals surface area contributed by atoms with Crippen LogP contribution in [0.3, 0.4) is 0 Å². The molecule has 0 saturated carbocycles. The molecule has 0 spiro atoms. The van der Waals surface area contributed by atoms with Crippen LogP contribution in [0.4, 0.5) is 4.39 Å². The molecule has 0 amide bonds. The highest BCUT2D eigenvalue weighted by Gasteiger charge is 2.25. The number of halogens is 4. The van der Waals surface area contributed by atoms with Gasteiger partial charge in [0.15, 0.2) is 23.2 Å². The van der Waals surface area contributed by atoms with Gasteiger partial charge in [-0.3, -0.25) is 14.6 Å². The summed E-state index contributed by atoms with van der Waals surface area (Å²) in [5.41, 5.74) is 3.01. The van der Waals surface area contributed by atoms with Crippen LogP contribution < -0.4 is 15.8 Å². The van der Waals surface area contributed by atoms with E-state index in [1.807, 2.05) is 6.07 Å². The molecule has 0 saturated heterocycles. The summed E-state index contributed by atoms with van der Waals surface area (Å²) in [7, 11) is 1.48. The molecule has 1 unspecified atom stereocenters. The smallest absolute Gasteiger partial charge is 0.281 e. The Kier molecular flexibility index (Phi) is 6.66. The summed E-state index contributed by atoms with van der Waals surface area (Å²) >= 11 is 18.1. The van der Waals surface area contributed by atoms with E-state index in [9.17, 15) is 9.18 Å². The summed E-state index contributed by atoms with van der Waals surface area (Å²) in [5.74, 6) is -0.789. The van der Waals surface area contributed by atoms with E-state index in [2.05, 4.69) is 15.6 Å². The molecule has 0 bridgehead atoms. The number of ether oxygens (including phenoxy) is 1. The first-order valence-corrected chi connectivity index (χ1v) is 10.5. The zero-order chi connectivity index (χ0) is 22.8. The minimum Gasteiger partial charge on any atom is -0.452 e. The number of hydrogen-bond donors (Lipinski definition) is 1. The summed E-state index contributed by atoms with van der Waals surface area (Å²) in [6, 6.07) is 9.15. The van der Waals surface area contributed by atoms with Gasteiger partial charge < -0.3 is 4.74 Å². The molecule has 2 aromatic carbocycles. The molecule has 11 heteroatoms. The van der Waals surface area contributed by atoms with E-state index in [1.54, 1.807) is 12.1 Å². The third-order valence-corrected chi connectivity index (χ3v) is 5.58. The first-order valence-electron chi connectivity index (χ1n) is 9.41. The molecule has 0 aliphatic carbocycles. The largest absolute Gasteiger partial charge is 0.452 e. The highest BCUT2D eigenvalue weighted by molar-refractivity contribution is 6.35. The zero-order valence-corrected chi connectivity index (χ0v) is 18.9. The fourth-order valence-corrected chi connectivity index (χ4v) is 3.77. The van der Waals surface area contributed by atoms with Gasteiger partial charge in [-0.2, -0.15) is 5.10 Å². The third kappa shape index (κ3) is 4.73. The quantitative estimate of drug-likeness (QED) is 0.559. The average molecular weight is 498 g/mol. The summed E-state index contributed by atoms with van der Waals surface area (Å²) < 4.78 is 21.1. The Morgan fingerprint density at radius 1 is 1.22 bits per heavy atom. The van der Waals surface area contributed by atoms with E-state index in [0.717, 1.165) is 10.2 Å². The molecule has 7 nitrogen and oxygen atoms in total. The van der Waals surface area contributed by atoms with Crippen molar-refractivity contribution in [1.29, 1.82) is 0 Å². The van der Waals surface area contributed by atoms with Crippen LogP contribution in [0.1, 0.15) is 11.1 Å². The number of hydrogen-bond acceptors (Lipinski definition) is 6. The van der Waals surface area contributed by atoms with Gasteiger partial charge in [-0.1, -0.05) is 46.9 Å². The van der Waals surface area contributed by atoms with E-state index in [-0.39, 0.29) is 40.6 Å². The molecule has 4 rings (SSSR count). The molecule has 0 fully saturated rings. The minimum absolute atomic E-state index is 0.00529. The second-order valence-corrected chi connectivity index (χ2v) is 8.20. The summed E-state index contributed by atoms with van der Waals surface area (Å²) in [5, 5.41) is 4.88. The topological polar surface area (TPSA) is 77.7 Å². The van der Waals surface area contributed by atoms with Gasteiger partial charge in [-0.05, 0) is 36.2 Å². The minimum atomic E-state index is -0.758. The fraction of sp³-hybridized carbons (Fsp3) is 0.190. The predicted octanol–water partition coefficient (Wildman–Crippen LogP) is 4.56. The number of aliphatic imine (C=N–C) groups is 1. The first kappa shape index (κ1) is 22.5. The van der Waals surface area contributed by atoms with Crippen molar-refractivity contribution >= 4 is 40.6 Å². The summed E-state index contributed by atoms with van der Waals surface area (Å²) in [6.45, 7) is 0.243. The van der Waals surface area contributed by atoms with Crippen molar-refractivity contribution in [2.75, 3.05) is 6.61 Å². The van der Waals surface area contributed by atoms with Crippen LogP contribution in [0.2, 0.25) is 15.1 Å². The van der Waals surface area contributed by atoms with Crippen molar-refractivity contribution in [1.82, 2.24) is 15.3 Å². The lowest BCUT2D eigenvalue weighted by Gasteiger charge is -2.23. The van der Waals surface area contributed by atoms with Gasteiger partial charge in [0.2, 0.25) is 0 Å². The normalized spacial score (nSPS) is 15.8. The second kappa shape index (κ2) is 9.46. The Balaban J connectivity index is 1.70. The maximum absolute atomic E-state index is 14.4. The van der Waals surface area contributed by atoms with E-state index < -0.39 is 11.4 Å². The molecule has 0 radical (unpaired) electrons. The van der Waals surface area contributed by atoms with E-state index in [0.29, 0.717) is 16.5 Å². The average Bonchev–Trinajstić information content (AvgIpc) is 2.76. The van der Waals surface area contributed by atoms with Crippen LogP contribution in [0, 0.1) is 5.82 Å². The molecule has 1 aromatic heterocycles. The lowest BCUT2D eigenvalue weighted by atomic mass is 10.1. The highest BCUT2D eigenvalue weighted by atomic mass is 35.5. The van der Waals surface area contributed by atoms with E-state index >= 15 is 0 Å². The van der Waals surface area contributed by atoms with Gasteiger partial charge in [0.1, 0.15) is 5.56 Å². The van der Waals surface area contributed by atoms with Crippen molar-refractivity contribution in [3.8, 4) is 11.5 Å². The number of rotatable bonds is 5. The van der Waals surface area contributed by atoms with Crippen LogP contribution in [-0.4, -0.2) is 28.3 Å². The molecule has 32 heavy (non-hydrogen) atoms. The molecule has 3 aromatic rings. The zero-order valence-electron chi connectivity index (χ0n) is 16.6. The van der Waals surface area contributed by atoms with Crippen LogP contribution in [0.25, 0.3) is 0 Å². The fourth-order valence-electron chi connectivity index (χ4n) is 3.11. The predicted molar refractivity (Wildman–Crippen MR) is 121 cm³/mol. The van der Waals surface area contributed by atoms with Crippen LogP contribution in [0.15, 0.2) is 52.4 Å². The number of aryl methyl sites for hydroxylation is 1.